The Hall–Kier alpha value is -3.22. The van der Waals surface area contributed by atoms with Gasteiger partial charge in [-0.25, -0.2) is 9.67 Å². The molecule has 1 aromatic carbocycles. The molecule has 142 valence electrons. The second kappa shape index (κ2) is 6.74. The van der Waals surface area contributed by atoms with Gasteiger partial charge in [-0.05, 0) is 56.0 Å². The number of amides is 1. The highest BCUT2D eigenvalue weighted by molar-refractivity contribution is 5.94. The summed E-state index contributed by atoms with van der Waals surface area (Å²) < 4.78 is 1.75. The third kappa shape index (κ3) is 3.35. The van der Waals surface area contributed by atoms with Gasteiger partial charge >= 0.3 is 0 Å². The highest BCUT2D eigenvalue weighted by Crippen LogP contribution is 2.40. The summed E-state index contributed by atoms with van der Waals surface area (Å²) in [5.41, 5.74) is 2.33. The van der Waals surface area contributed by atoms with Gasteiger partial charge in [-0.15, -0.1) is 0 Å². The second-order valence-electron chi connectivity index (χ2n) is 7.67. The zero-order valence-corrected chi connectivity index (χ0v) is 15.3. The minimum Gasteiger partial charge on any atom is -0.349 e. The lowest BCUT2D eigenvalue weighted by molar-refractivity contribution is 0.0908. The molecule has 2 N–H and O–H groups in total. The molecule has 0 atom stereocenters. The molecular formula is C21H21N5O2. The minimum atomic E-state index is -0.0759. The highest BCUT2D eigenvalue weighted by atomic mass is 16.1. The summed E-state index contributed by atoms with van der Waals surface area (Å²) in [7, 11) is 0. The van der Waals surface area contributed by atoms with E-state index in [1.165, 1.54) is 0 Å². The molecule has 1 amide bonds. The molecule has 7 heteroatoms. The van der Waals surface area contributed by atoms with Crippen LogP contribution in [0.4, 0.5) is 0 Å². The summed E-state index contributed by atoms with van der Waals surface area (Å²) in [5.74, 6) is 1.42. The molecule has 2 aliphatic rings. The van der Waals surface area contributed by atoms with Crippen molar-refractivity contribution in [2.24, 2.45) is 0 Å². The van der Waals surface area contributed by atoms with Crippen molar-refractivity contribution >= 4 is 5.91 Å². The first kappa shape index (κ1) is 16.9. The maximum Gasteiger partial charge on any atom is 0.251 e. The van der Waals surface area contributed by atoms with E-state index >= 15 is 0 Å². The Bertz CT molecular complexity index is 1050. The number of aromatic nitrogens is 4. The van der Waals surface area contributed by atoms with Crippen molar-refractivity contribution in [1.29, 1.82) is 0 Å². The van der Waals surface area contributed by atoms with Crippen molar-refractivity contribution in [2.45, 2.75) is 43.6 Å². The first-order valence-corrected chi connectivity index (χ1v) is 9.68. The number of aromatic amines is 1. The lowest BCUT2D eigenvalue weighted by Gasteiger charge is -2.35. The number of carbonyl (C=O) groups excluding carboxylic acids is 1. The van der Waals surface area contributed by atoms with E-state index in [0.29, 0.717) is 11.5 Å². The van der Waals surface area contributed by atoms with Gasteiger partial charge in [0, 0.05) is 41.9 Å². The van der Waals surface area contributed by atoms with Crippen molar-refractivity contribution < 1.29 is 4.79 Å². The fourth-order valence-corrected chi connectivity index (χ4v) is 3.69. The molecule has 0 unspecified atom stereocenters. The summed E-state index contributed by atoms with van der Waals surface area (Å²) in [6, 6.07) is 11.0. The van der Waals surface area contributed by atoms with Gasteiger partial charge in [0.2, 0.25) is 0 Å². The zero-order chi connectivity index (χ0) is 19.1. The van der Waals surface area contributed by atoms with E-state index < -0.39 is 0 Å². The SMILES string of the molecule is O=C(NC1CC(c2cc(=O)[nH]c(C3CC3)n2)C1)c1ccc(-n2cccn2)cc1. The van der Waals surface area contributed by atoms with Crippen LogP contribution in [0, 0.1) is 0 Å². The fourth-order valence-electron chi connectivity index (χ4n) is 3.69. The Kier molecular flexibility index (Phi) is 4.07. The fraction of sp³-hybridized carbons (Fsp3) is 0.333. The van der Waals surface area contributed by atoms with Gasteiger partial charge in [-0.3, -0.25) is 9.59 Å². The number of hydrogen-bond acceptors (Lipinski definition) is 4. The smallest absolute Gasteiger partial charge is 0.251 e. The largest absolute Gasteiger partial charge is 0.349 e. The summed E-state index contributed by atoms with van der Waals surface area (Å²) >= 11 is 0. The number of nitrogens with one attached hydrogen (secondary N) is 2. The summed E-state index contributed by atoms with van der Waals surface area (Å²) in [6.45, 7) is 0. The third-order valence-electron chi connectivity index (χ3n) is 5.53. The van der Waals surface area contributed by atoms with Crippen LogP contribution in [0.1, 0.15) is 59.4 Å². The molecule has 0 spiro atoms. The molecule has 2 aliphatic carbocycles. The summed E-state index contributed by atoms with van der Waals surface area (Å²) in [4.78, 5) is 31.9. The van der Waals surface area contributed by atoms with Crippen molar-refractivity contribution in [3.05, 3.63) is 76.2 Å². The molecular weight excluding hydrogens is 354 g/mol. The van der Waals surface area contributed by atoms with E-state index in [-0.39, 0.29) is 23.4 Å². The van der Waals surface area contributed by atoms with Gasteiger partial charge in [0.1, 0.15) is 5.82 Å². The predicted octanol–water partition coefficient (Wildman–Crippen LogP) is 2.51. The quantitative estimate of drug-likeness (QED) is 0.717. The maximum absolute atomic E-state index is 12.5. The standard InChI is InChI=1S/C21H21N5O2/c27-19-12-18(24-20(25-19)13-2-3-13)15-10-16(11-15)23-21(28)14-4-6-17(7-5-14)26-9-1-8-22-26/h1,4-9,12-13,15-16H,2-3,10-11H2,(H,23,28)(H,24,25,27). The second-order valence-corrected chi connectivity index (χ2v) is 7.67. The van der Waals surface area contributed by atoms with Gasteiger partial charge < -0.3 is 10.3 Å². The van der Waals surface area contributed by atoms with Gasteiger partial charge in [0.25, 0.3) is 11.5 Å². The number of nitrogens with zero attached hydrogens (tertiary/aromatic N) is 3. The molecule has 5 rings (SSSR count). The Morgan fingerprint density at radius 3 is 2.61 bits per heavy atom. The minimum absolute atomic E-state index is 0.0725. The summed E-state index contributed by atoms with van der Waals surface area (Å²) in [6.07, 6.45) is 7.43. The van der Waals surface area contributed by atoms with E-state index in [1.54, 1.807) is 16.9 Å². The van der Waals surface area contributed by atoms with Gasteiger partial charge in [0.15, 0.2) is 0 Å². The number of H-pyrrole nitrogens is 1. The molecule has 28 heavy (non-hydrogen) atoms. The third-order valence-corrected chi connectivity index (χ3v) is 5.53. The molecule has 3 aromatic rings. The Morgan fingerprint density at radius 1 is 1.14 bits per heavy atom. The van der Waals surface area contributed by atoms with Crippen molar-refractivity contribution in [1.82, 2.24) is 25.1 Å². The van der Waals surface area contributed by atoms with Crippen LogP contribution >= 0.6 is 0 Å². The number of carbonyl (C=O) groups is 1. The van der Waals surface area contributed by atoms with Crippen LogP contribution in [-0.2, 0) is 0 Å². The molecule has 0 saturated heterocycles. The molecule has 2 aromatic heterocycles. The molecule has 0 aliphatic heterocycles. The Labute approximate surface area is 161 Å². The predicted molar refractivity (Wildman–Crippen MR) is 104 cm³/mol. The van der Waals surface area contributed by atoms with Crippen LogP contribution in [0.15, 0.2) is 53.6 Å². The van der Waals surface area contributed by atoms with Crippen LogP contribution in [-0.4, -0.2) is 31.7 Å². The van der Waals surface area contributed by atoms with Crippen LogP contribution in [0.5, 0.6) is 0 Å². The number of benzene rings is 1. The van der Waals surface area contributed by atoms with Crippen LogP contribution in [0.3, 0.4) is 0 Å². The Morgan fingerprint density at radius 2 is 1.93 bits per heavy atom. The Balaban J connectivity index is 1.19. The topological polar surface area (TPSA) is 92.7 Å². The molecule has 0 radical (unpaired) electrons. The monoisotopic (exact) mass is 375 g/mol. The average Bonchev–Trinajstić information content (AvgIpc) is 3.38. The first-order valence-electron chi connectivity index (χ1n) is 9.68. The van der Waals surface area contributed by atoms with Gasteiger partial charge in [-0.1, -0.05) is 0 Å². The molecule has 2 saturated carbocycles. The highest BCUT2D eigenvalue weighted by Gasteiger charge is 2.34. The summed E-state index contributed by atoms with van der Waals surface area (Å²) in [5, 5.41) is 7.26. The first-order chi connectivity index (χ1) is 13.7. The molecule has 0 bridgehead atoms. The van der Waals surface area contributed by atoms with E-state index in [0.717, 1.165) is 42.9 Å². The van der Waals surface area contributed by atoms with Crippen molar-refractivity contribution in [3.8, 4) is 5.69 Å². The zero-order valence-electron chi connectivity index (χ0n) is 15.3. The van der Waals surface area contributed by atoms with Crippen molar-refractivity contribution in [2.75, 3.05) is 0 Å². The lowest BCUT2D eigenvalue weighted by Crippen LogP contribution is -2.43. The normalized spacial score (nSPS) is 21.1. The van der Waals surface area contributed by atoms with E-state index in [2.05, 4.69) is 20.4 Å². The van der Waals surface area contributed by atoms with Gasteiger partial charge in [-0.2, -0.15) is 5.10 Å². The van der Waals surface area contributed by atoms with Crippen molar-refractivity contribution in [3.63, 3.8) is 0 Å². The van der Waals surface area contributed by atoms with Crippen LogP contribution in [0.25, 0.3) is 5.69 Å². The van der Waals surface area contributed by atoms with E-state index in [4.69, 9.17) is 0 Å². The molecule has 2 heterocycles. The maximum atomic E-state index is 12.5. The van der Waals surface area contributed by atoms with Crippen LogP contribution < -0.4 is 10.9 Å². The average molecular weight is 375 g/mol. The van der Waals surface area contributed by atoms with E-state index in [1.807, 2.05) is 36.5 Å². The van der Waals surface area contributed by atoms with Crippen LogP contribution in [0.2, 0.25) is 0 Å². The molecule has 2 fully saturated rings. The number of rotatable bonds is 5. The molecule has 7 nitrogen and oxygen atoms in total. The lowest BCUT2D eigenvalue weighted by atomic mass is 9.78. The van der Waals surface area contributed by atoms with E-state index in [9.17, 15) is 9.59 Å². The van der Waals surface area contributed by atoms with Gasteiger partial charge in [0.05, 0.1) is 11.4 Å². The number of hydrogen-bond donors (Lipinski definition) is 2.